The Morgan fingerprint density at radius 2 is 2.06 bits per heavy atom. The number of nitrogens with zero attached hydrogens (tertiary/aromatic N) is 2. The van der Waals surface area contributed by atoms with Crippen LogP contribution in [0.3, 0.4) is 0 Å². The molecule has 0 bridgehead atoms. The van der Waals surface area contributed by atoms with Crippen LogP contribution in [0.2, 0.25) is 0 Å². The molecule has 2 N–H and O–H groups in total. The van der Waals surface area contributed by atoms with Crippen LogP contribution in [0.1, 0.15) is 12.8 Å². The maximum Gasteiger partial charge on any atom is 0.323 e. The molecule has 6 nitrogen and oxygen atoms in total. The second-order valence-corrected chi connectivity index (χ2v) is 4.53. The van der Waals surface area contributed by atoms with Crippen LogP contribution in [-0.4, -0.2) is 67.2 Å². The lowest BCUT2D eigenvalue weighted by Crippen LogP contribution is -2.46. The van der Waals surface area contributed by atoms with Crippen molar-refractivity contribution >= 4 is 12.0 Å². The number of rotatable bonds is 7. The van der Waals surface area contributed by atoms with Gasteiger partial charge in [-0.25, -0.2) is 4.79 Å². The van der Waals surface area contributed by atoms with Gasteiger partial charge in [0.05, 0.1) is 0 Å². The highest BCUT2D eigenvalue weighted by Gasteiger charge is 2.29. The molecule has 0 unspecified atom stereocenters. The summed E-state index contributed by atoms with van der Waals surface area (Å²) in [5.41, 5.74) is 0. The molecule has 0 atom stereocenters. The van der Waals surface area contributed by atoms with E-state index in [0.29, 0.717) is 25.6 Å². The van der Waals surface area contributed by atoms with Gasteiger partial charge >= 0.3 is 12.0 Å². The van der Waals surface area contributed by atoms with E-state index < -0.39 is 5.97 Å². The molecule has 0 heterocycles. The number of hydrogen-bond acceptors (Lipinski definition) is 3. The van der Waals surface area contributed by atoms with Gasteiger partial charge in [-0.2, -0.15) is 0 Å². The minimum atomic E-state index is -0.957. The molecule has 1 aliphatic rings. The Kier molecular flexibility index (Phi) is 5.21. The lowest BCUT2D eigenvalue weighted by molar-refractivity contribution is -0.137. The Morgan fingerprint density at radius 3 is 2.53 bits per heavy atom. The number of carbonyl (C=O) groups is 2. The van der Waals surface area contributed by atoms with Gasteiger partial charge in [-0.05, 0) is 25.8 Å². The number of aliphatic carboxylic acids is 1. The fraction of sp³-hybridized carbons (Fsp3) is 0.818. The predicted octanol–water partition coefficient (Wildman–Crippen LogP) is 0.0542. The normalized spacial score (nSPS) is 14.5. The summed E-state index contributed by atoms with van der Waals surface area (Å²) in [6.07, 6.45) is 2.20. The van der Waals surface area contributed by atoms with Crippen LogP contribution in [0.5, 0.6) is 0 Å². The summed E-state index contributed by atoms with van der Waals surface area (Å²) in [6, 6.07) is -0.199. The van der Waals surface area contributed by atoms with Crippen molar-refractivity contribution in [2.75, 3.05) is 40.3 Å². The van der Waals surface area contributed by atoms with E-state index in [1.807, 2.05) is 7.05 Å². The van der Waals surface area contributed by atoms with Crippen LogP contribution in [0.15, 0.2) is 0 Å². The predicted molar refractivity (Wildman–Crippen MR) is 63.9 cm³/mol. The molecule has 1 aliphatic carbocycles. The summed E-state index contributed by atoms with van der Waals surface area (Å²) in [5.74, 6) is -0.461. The van der Waals surface area contributed by atoms with Gasteiger partial charge in [0.1, 0.15) is 6.54 Å². The summed E-state index contributed by atoms with van der Waals surface area (Å²) >= 11 is 0. The van der Waals surface area contributed by atoms with Crippen molar-refractivity contribution in [2.24, 2.45) is 5.92 Å². The molecule has 1 rings (SSSR count). The molecule has 0 aromatic rings. The summed E-state index contributed by atoms with van der Waals surface area (Å²) in [7, 11) is 3.51. The third kappa shape index (κ3) is 5.04. The van der Waals surface area contributed by atoms with Gasteiger partial charge in [0.2, 0.25) is 0 Å². The Bertz CT molecular complexity index is 279. The smallest absolute Gasteiger partial charge is 0.323 e. The fourth-order valence-electron chi connectivity index (χ4n) is 1.60. The van der Waals surface area contributed by atoms with E-state index in [2.05, 4.69) is 5.32 Å². The van der Waals surface area contributed by atoms with Gasteiger partial charge in [-0.15, -0.1) is 0 Å². The Balaban J connectivity index is 2.47. The van der Waals surface area contributed by atoms with E-state index in [9.17, 15) is 9.59 Å². The maximum atomic E-state index is 12.0. The first kappa shape index (κ1) is 13.8. The molecule has 17 heavy (non-hydrogen) atoms. The summed E-state index contributed by atoms with van der Waals surface area (Å²) < 4.78 is 0. The SMILES string of the molecule is CNCCN(C)C(=O)N(CC(=O)O)CC1CC1. The number of urea groups is 1. The first-order chi connectivity index (χ1) is 8.04. The van der Waals surface area contributed by atoms with Gasteiger partial charge in [-0.3, -0.25) is 4.79 Å². The second-order valence-electron chi connectivity index (χ2n) is 4.53. The first-order valence-corrected chi connectivity index (χ1v) is 5.91. The third-order valence-corrected chi connectivity index (χ3v) is 2.80. The van der Waals surface area contributed by atoms with Crippen LogP contribution in [0.4, 0.5) is 4.79 Å². The van der Waals surface area contributed by atoms with Crippen LogP contribution in [0.25, 0.3) is 0 Å². The molecule has 0 aromatic carbocycles. The maximum absolute atomic E-state index is 12.0. The topological polar surface area (TPSA) is 72.9 Å². The quantitative estimate of drug-likeness (QED) is 0.663. The number of carboxylic acids is 1. The molecule has 0 aliphatic heterocycles. The third-order valence-electron chi connectivity index (χ3n) is 2.80. The van der Waals surface area contributed by atoms with Crippen molar-refractivity contribution in [3.8, 4) is 0 Å². The van der Waals surface area contributed by atoms with E-state index in [1.54, 1.807) is 11.9 Å². The monoisotopic (exact) mass is 243 g/mol. The number of carbonyl (C=O) groups excluding carboxylic acids is 1. The van der Waals surface area contributed by atoms with Crippen molar-refractivity contribution in [3.05, 3.63) is 0 Å². The zero-order valence-corrected chi connectivity index (χ0v) is 10.5. The van der Waals surface area contributed by atoms with Crippen LogP contribution in [-0.2, 0) is 4.79 Å². The molecular weight excluding hydrogens is 222 g/mol. The summed E-state index contributed by atoms with van der Waals surface area (Å²) in [4.78, 5) is 25.7. The van der Waals surface area contributed by atoms with E-state index >= 15 is 0 Å². The summed E-state index contributed by atoms with van der Waals surface area (Å²) in [6.45, 7) is 1.64. The zero-order chi connectivity index (χ0) is 12.8. The Hall–Kier alpha value is -1.30. The molecule has 2 amide bonds. The molecule has 1 saturated carbocycles. The zero-order valence-electron chi connectivity index (χ0n) is 10.5. The minimum absolute atomic E-state index is 0.199. The highest BCUT2D eigenvalue weighted by Crippen LogP contribution is 2.29. The van der Waals surface area contributed by atoms with Gasteiger partial charge < -0.3 is 20.2 Å². The van der Waals surface area contributed by atoms with Crippen molar-refractivity contribution < 1.29 is 14.7 Å². The molecule has 98 valence electrons. The molecule has 0 radical (unpaired) electrons. The number of hydrogen-bond donors (Lipinski definition) is 2. The highest BCUT2D eigenvalue weighted by molar-refractivity contribution is 5.80. The molecule has 0 aromatic heterocycles. The van der Waals surface area contributed by atoms with Crippen LogP contribution >= 0.6 is 0 Å². The summed E-state index contributed by atoms with van der Waals surface area (Å²) in [5, 5.41) is 11.8. The average molecular weight is 243 g/mol. The molecular formula is C11H21N3O3. The van der Waals surface area contributed by atoms with Gasteiger partial charge in [0, 0.05) is 26.7 Å². The van der Waals surface area contributed by atoms with E-state index in [0.717, 1.165) is 12.8 Å². The van der Waals surface area contributed by atoms with Crippen molar-refractivity contribution in [1.29, 1.82) is 0 Å². The van der Waals surface area contributed by atoms with Gasteiger partial charge in [-0.1, -0.05) is 0 Å². The van der Waals surface area contributed by atoms with E-state index in [-0.39, 0.29) is 12.6 Å². The van der Waals surface area contributed by atoms with Gasteiger partial charge in [0.15, 0.2) is 0 Å². The van der Waals surface area contributed by atoms with Crippen LogP contribution in [0, 0.1) is 5.92 Å². The minimum Gasteiger partial charge on any atom is -0.480 e. The molecule has 1 fully saturated rings. The molecule has 0 saturated heterocycles. The fourth-order valence-corrected chi connectivity index (χ4v) is 1.60. The number of carboxylic acid groups (broad SMARTS) is 1. The van der Waals surface area contributed by atoms with Crippen molar-refractivity contribution in [1.82, 2.24) is 15.1 Å². The van der Waals surface area contributed by atoms with E-state index in [4.69, 9.17) is 5.11 Å². The van der Waals surface area contributed by atoms with Crippen molar-refractivity contribution in [2.45, 2.75) is 12.8 Å². The Morgan fingerprint density at radius 1 is 1.41 bits per heavy atom. The first-order valence-electron chi connectivity index (χ1n) is 5.91. The second kappa shape index (κ2) is 6.44. The lowest BCUT2D eigenvalue weighted by atomic mass is 10.3. The number of nitrogens with one attached hydrogen (secondary N) is 1. The Labute approximate surface area is 102 Å². The molecule has 0 spiro atoms. The van der Waals surface area contributed by atoms with Crippen LogP contribution < -0.4 is 5.32 Å². The largest absolute Gasteiger partial charge is 0.480 e. The van der Waals surface area contributed by atoms with Crippen molar-refractivity contribution in [3.63, 3.8) is 0 Å². The lowest BCUT2D eigenvalue weighted by Gasteiger charge is -2.27. The highest BCUT2D eigenvalue weighted by atomic mass is 16.4. The molecule has 6 heteroatoms. The average Bonchev–Trinajstić information content (AvgIpc) is 3.07. The number of likely N-dealkylation sites (N-methyl/N-ethyl adjacent to an activating group) is 2. The van der Waals surface area contributed by atoms with E-state index in [1.165, 1.54) is 4.90 Å². The standard InChI is InChI=1S/C11H21N3O3/c1-12-5-6-13(2)11(17)14(8-10(15)16)7-9-3-4-9/h9,12H,3-8H2,1-2H3,(H,15,16). The van der Waals surface area contributed by atoms with Gasteiger partial charge in [0.25, 0.3) is 0 Å². The number of amides is 2.